The van der Waals surface area contributed by atoms with Crippen LogP contribution in [0.15, 0.2) is 48.8 Å². The molecule has 0 aliphatic carbocycles. The Bertz CT molecular complexity index is 743. The van der Waals surface area contributed by atoms with Crippen LogP contribution >= 0.6 is 0 Å². The summed E-state index contributed by atoms with van der Waals surface area (Å²) in [5, 5.41) is 2.85. The Morgan fingerprint density at radius 1 is 1.25 bits per heavy atom. The summed E-state index contributed by atoms with van der Waals surface area (Å²) in [6.07, 6.45) is 3.49. The molecule has 24 heavy (non-hydrogen) atoms. The van der Waals surface area contributed by atoms with Gasteiger partial charge >= 0.3 is 0 Å². The van der Waals surface area contributed by atoms with Crippen LogP contribution in [0.2, 0.25) is 0 Å². The fraction of sp³-hybridized carbons (Fsp3) is 0.316. The van der Waals surface area contributed by atoms with Gasteiger partial charge in [0.2, 0.25) is 11.8 Å². The Morgan fingerprint density at radius 2 is 2.00 bits per heavy atom. The molecular formula is C19H21N3O2. The lowest BCUT2D eigenvalue weighted by Gasteiger charge is -2.18. The molecule has 1 aromatic heterocycles. The molecule has 2 amide bonds. The van der Waals surface area contributed by atoms with Gasteiger partial charge in [-0.3, -0.25) is 14.6 Å². The van der Waals surface area contributed by atoms with Gasteiger partial charge in [0, 0.05) is 36.7 Å². The van der Waals surface area contributed by atoms with Gasteiger partial charge in [-0.15, -0.1) is 0 Å². The summed E-state index contributed by atoms with van der Waals surface area (Å²) in [7, 11) is 0. The molecule has 1 atom stereocenters. The standard InChI is InChI=1S/C19H21N3O2/c1-13(2)14-4-3-5-17(10-14)22-12-15(11-18(22)23)19(24)21-16-6-8-20-9-7-16/h3-10,13,15H,11-12H2,1-2H3,(H,20,21,24). The Kier molecular flexibility index (Phi) is 4.60. The van der Waals surface area contributed by atoms with E-state index in [2.05, 4.69) is 30.2 Å². The number of hydrogen-bond donors (Lipinski definition) is 1. The van der Waals surface area contributed by atoms with Crippen molar-refractivity contribution in [3.05, 3.63) is 54.4 Å². The molecule has 1 N–H and O–H groups in total. The van der Waals surface area contributed by atoms with E-state index in [1.807, 2.05) is 18.2 Å². The molecule has 1 aliphatic heterocycles. The number of pyridine rings is 1. The number of nitrogens with one attached hydrogen (secondary N) is 1. The number of aromatic nitrogens is 1. The van der Waals surface area contributed by atoms with Crippen molar-refractivity contribution < 1.29 is 9.59 Å². The van der Waals surface area contributed by atoms with Crippen molar-refractivity contribution in [1.82, 2.24) is 4.98 Å². The largest absolute Gasteiger partial charge is 0.326 e. The van der Waals surface area contributed by atoms with Crippen LogP contribution < -0.4 is 10.2 Å². The summed E-state index contributed by atoms with van der Waals surface area (Å²) in [5.74, 6) is -0.0790. The fourth-order valence-electron chi connectivity index (χ4n) is 2.86. The molecule has 5 heteroatoms. The van der Waals surface area contributed by atoms with Crippen molar-refractivity contribution in [2.45, 2.75) is 26.2 Å². The van der Waals surface area contributed by atoms with E-state index < -0.39 is 0 Å². The number of hydrogen-bond acceptors (Lipinski definition) is 3. The van der Waals surface area contributed by atoms with E-state index in [1.165, 1.54) is 5.56 Å². The van der Waals surface area contributed by atoms with Crippen LogP contribution in [-0.4, -0.2) is 23.3 Å². The van der Waals surface area contributed by atoms with E-state index in [0.29, 0.717) is 18.2 Å². The Balaban J connectivity index is 1.71. The lowest BCUT2D eigenvalue weighted by atomic mass is 10.0. The van der Waals surface area contributed by atoms with Gasteiger partial charge in [0.15, 0.2) is 0 Å². The number of carbonyl (C=O) groups is 2. The van der Waals surface area contributed by atoms with E-state index in [-0.39, 0.29) is 24.2 Å². The maximum Gasteiger partial charge on any atom is 0.229 e. The predicted octanol–water partition coefficient (Wildman–Crippen LogP) is 3.20. The topological polar surface area (TPSA) is 62.3 Å². The first-order chi connectivity index (χ1) is 11.5. The molecule has 124 valence electrons. The average Bonchev–Trinajstić information content (AvgIpc) is 2.98. The molecule has 1 aliphatic rings. The average molecular weight is 323 g/mol. The van der Waals surface area contributed by atoms with Gasteiger partial charge in [-0.05, 0) is 35.7 Å². The van der Waals surface area contributed by atoms with Crippen molar-refractivity contribution >= 4 is 23.2 Å². The second-order valence-corrected chi connectivity index (χ2v) is 6.38. The van der Waals surface area contributed by atoms with Gasteiger partial charge in [0.25, 0.3) is 0 Å². The zero-order chi connectivity index (χ0) is 17.1. The first-order valence-electron chi connectivity index (χ1n) is 8.16. The van der Waals surface area contributed by atoms with Crippen molar-refractivity contribution in [2.24, 2.45) is 5.92 Å². The minimum atomic E-state index is -0.339. The third kappa shape index (κ3) is 3.45. The predicted molar refractivity (Wildman–Crippen MR) is 93.9 cm³/mol. The third-order valence-electron chi connectivity index (χ3n) is 4.29. The zero-order valence-electron chi connectivity index (χ0n) is 13.9. The number of carbonyl (C=O) groups excluding carboxylic acids is 2. The van der Waals surface area contributed by atoms with Gasteiger partial charge < -0.3 is 10.2 Å². The summed E-state index contributed by atoms with van der Waals surface area (Å²) in [6, 6.07) is 11.4. The highest BCUT2D eigenvalue weighted by Gasteiger charge is 2.35. The van der Waals surface area contributed by atoms with E-state index >= 15 is 0 Å². The second-order valence-electron chi connectivity index (χ2n) is 6.38. The van der Waals surface area contributed by atoms with Crippen LogP contribution in [0.4, 0.5) is 11.4 Å². The van der Waals surface area contributed by atoms with Crippen LogP contribution in [0.25, 0.3) is 0 Å². The summed E-state index contributed by atoms with van der Waals surface area (Å²) in [4.78, 5) is 30.4. The van der Waals surface area contributed by atoms with Gasteiger partial charge in [0.1, 0.15) is 0 Å². The van der Waals surface area contributed by atoms with Crippen LogP contribution in [0.5, 0.6) is 0 Å². The van der Waals surface area contributed by atoms with Crippen LogP contribution in [0.1, 0.15) is 31.7 Å². The Hall–Kier alpha value is -2.69. The molecule has 1 unspecified atom stereocenters. The van der Waals surface area contributed by atoms with Gasteiger partial charge in [0.05, 0.1) is 5.92 Å². The zero-order valence-corrected chi connectivity index (χ0v) is 13.9. The van der Waals surface area contributed by atoms with Crippen molar-refractivity contribution in [1.29, 1.82) is 0 Å². The molecule has 1 aromatic carbocycles. The van der Waals surface area contributed by atoms with Gasteiger partial charge in [-0.1, -0.05) is 26.0 Å². The summed E-state index contributed by atoms with van der Waals surface area (Å²) < 4.78 is 0. The number of amides is 2. The quantitative estimate of drug-likeness (QED) is 0.940. The third-order valence-corrected chi connectivity index (χ3v) is 4.29. The fourth-order valence-corrected chi connectivity index (χ4v) is 2.86. The molecule has 0 spiro atoms. The van der Waals surface area contributed by atoms with Crippen molar-refractivity contribution in [3.8, 4) is 0 Å². The van der Waals surface area contributed by atoms with Gasteiger partial charge in [-0.25, -0.2) is 0 Å². The maximum atomic E-state index is 12.4. The van der Waals surface area contributed by atoms with Crippen LogP contribution in [0.3, 0.4) is 0 Å². The highest BCUT2D eigenvalue weighted by Crippen LogP contribution is 2.28. The minimum absolute atomic E-state index is 0.00853. The first-order valence-corrected chi connectivity index (χ1v) is 8.16. The number of rotatable bonds is 4. The van der Waals surface area contributed by atoms with Crippen LogP contribution in [0, 0.1) is 5.92 Å². The number of anilines is 2. The molecule has 1 saturated heterocycles. The maximum absolute atomic E-state index is 12.4. The molecule has 0 bridgehead atoms. The second kappa shape index (κ2) is 6.83. The molecule has 5 nitrogen and oxygen atoms in total. The molecule has 1 fully saturated rings. The Labute approximate surface area is 141 Å². The number of benzene rings is 1. The normalized spacial score (nSPS) is 17.4. The highest BCUT2D eigenvalue weighted by molar-refractivity contribution is 6.03. The molecule has 0 radical (unpaired) electrons. The lowest BCUT2D eigenvalue weighted by molar-refractivity contribution is -0.122. The van der Waals surface area contributed by atoms with E-state index in [9.17, 15) is 9.59 Å². The summed E-state index contributed by atoms with van der Waals surface area (Å²) in [5.41, 5.74) is 2.75. The van der Waals surface area contributed by atoms with Crippen LogP contribution in [-0.2, 0) is 9.59 Å². The SMILES string of the molecule is CC(C)c1cccc(N2CC(C(=O)Nc3ccncc3)CC2=O)c1. The van der Waals surface area contributed by atoms with E-state index in [1.54, 1.807) is 29.4 Å². The van der Waals surface area contributed by atoms with Crippen molar-refractivity contribution in [2.75, 3.05) is 16.8 Å². The van der Waals surface area contributed by atoms with Crippen molar-refractivity contribution in [3.63, 3.8) is 0 Å². The molecule has 3 rings (SSSR count). The Morgan fingerprint density at radius 3 is 2.71 bits per heavy atom. The summed E-state index contributed by atoms with van der Waals surface area (Å²) >= 11 is 0. The van der Waals surface area contributed by atoms with E-state index in [4.69, 9.17) is 0 Å². The lowest BCUT2D eigenvalue weighted by Crippen LogP contribution is -2.28. The molecule has 2 heterocycles. The first kappa shape index (κ1) is 16.2. The molecule has 2 aromatic rings. The summed E-state index contributed by atoms with van der Waals surface area (Å²) in [6.45, 7) is 4.66. The minimum Gasteiger partial charge on any atom is -0.326 e. The number of nitrogens with zero attached hydrogens (tertiary/aromatic N) is 2. The smallest absolute Gasteiger partial charge is 0.229 e. The molecule has 0 saturated carbocycles. The monoisotopic (exact) mass is 323 g/mol. The molecular weight excluding hydrogens is 302 g/mol. The van der Waals surface area contributed by atoms with E-state index in [0.717, 1.165) is 5.69 Å². The van der Waals surface area contributed by atoms with Gasteiger partial charge in [-0.2, -0.15) is 0 Å². The highest BCUT2D eigenvalue weighted by atomic mass is 16.2.